The molecule has 2 aliphatic carbocycles. The first kappa shape index (κ1) is 36.3. The normalized spacial score (nSPS) is 15.8. The van der Waals surface area contributed by atoms with Gasteiger partial charge in [0.05, 0.1) is 16.8 Å². The number of hydrogen-bond donors (Lipinski definition) is 0. The van der Waals surface area contributed by atoms with Crippen molar-refractivity contribution in [1.29, 1.82) is 0 Å². The maximum Gasteiger partial charge on any atom is 0.164 e. The number of nitrogens with zero attached hydrogens (tertiary/aromatic N) is 6. The highest BCUT2D eigenvalue weighted by molar-refractivity contribution is 8.03. The molecule has 9 aromatic rings. The van der Waals surface area contributed by atoms with Crippen molar-refractivity contribution in [3.8, 4) is 78.9 Å². The number of hydrogen-bond acceptors (Lipinski definition) is 7. The third-order valence-electron chi connectivity index (χ3n) is 12.2. The van der Waals surface area contributed by atoms with E-state index in [4.69, 9.17) is 19.9 Å². The fraction of sp³-hybridized carbons (Fsp3) is 0.0545. The molecule has 5 heterocycles. The Morgan fingerprint density at radius 2 is 0.984 bits per heavy atom. The van der Waals surface area contributed by atoms with Crippen molar-refractivity contribution in [3.63, 3.8) is 0 Å². The van der Waals surface area contributed by atoms with E-state index < -0.39 is 5.41 Å². The molecular weight excluding hydrogens is 777 g/mol. The minimum Gasteiger partial charge on any atom is -0.264 e. The number of allylic oxidation sites excluding steroid dienone is 3. The van der Waals surface area contributed by atoms with Crippen LogP contribution in [0.4, 0.5) is 0 Å². The average molecular weight is 813 g/mol. The summed E-state index contributed by atoms with van der Waals surface area (Å²) in [5.41, 5.74) is 15.6. The third-order valence-corrected chi connectivity index (χ3v) is 13.4. The van der Waals surface area contributed by atoms with Gasteiger partial charge in [-0.15, -0.1) is 0 Å². The average Bonchev–Trinajstić information content (AvgIpc) is 3.64. The molecule has 6 nitrogen and oxygen atoms in total. The summed E-state index contributed by atoms with van der Waals surface area (Å²) in [7, 11) is 0. The van der Waals surface area contributed by atoms with Crippen LogP contribution in [0.25, 0.3) is 78.9 Å². The molecular formula is C55H36N6S. The first-order valence-corrected chi connectivity index (χ1v) is 21.7. The number of benzene rings is 5. The highest BCUT2D eigenvalue weighted by atomic mass is 32.2. The number of thioether (sulfide) groups is 1. The monoisotopic (exact) mass is 812 g/mol. The second kappa shape index (κ2) is 14.8. The van der Waals surface area contributed by atoms with Crippen LogP contribution in [0.3, 0.4) is 0 Å². The van der Waals surface area contributed by atoms with Gasteiger partial charge in [-0.1, -0.05) is 133 Å². The van der Waals surface area contributed by atoms with Gasteiger partial charge in [0.25, 0.3) is 0 Å². The number of pyridine rings is 3. The molecule has 1 atom stereocenters. The largest absolute Gasteiger partial charge is 0.264 e. The van der Waals surface area contributed by atoms with E-state index in [1.165, 1.54) is 43.2 Å². The zero-order valence-corrected chi connectivity index (χ0v) is 34.3. The summed E-state index contributed by atoms with van der Waals surface area (Å²) in [6.45, 7) is 0. The molecule has 3 aliphatic rings. The highest BCUT2D eigenvalue weighted by Gasteiger charge is 2.52. The zero-order chi connectivity index (χ0) is 41.0. The van der Waals surface area contributed by atoms with E-state index in [-0.39, 0.29) is 0 Å². The lowest BCUT2D eigenvalue weighted by Crippen LogP contribution is -2.34. The van der Waals surface area contributed by atoms with Gasteiger partial charge in [0.15, 0.2) is 17.5 Å². The van der Waals surface area contributed by atoms with E-state index in [2.05, 4.69) is 131 Å². The quantitative estimate of drug-likeness (QED) is 0.165. The van der Waals surface area contributed by atoms with Crippen molar-refractivity contribution in [3.05, 3.63) is 222 Å². The Morgan fingerprint density at radius 3 is 1.66 bits per heavy atom. The van der Waals surface area contributed by atoms with E-state index in [9.17, 15) is 0 Å². The van der Waals surface area contributed by atoms with E-state index in [1.54, 1.807) is 6.20 Å². The molecule has 0 radical (unpaired) electrons. The summed E-state index contributed by atoms with van der Waals surface area (Å²) >= 11 is 1.89. The molecule has 0 saturated heterocycles. The van der Waals surface area contributed by atoms with Gasteiger partial charge in [-0.2, -0.15) is 0 Å². The fourth-order valence-electron chi connectivity index (χ4n) is 9.45. The summed E-state index contributed by atoms with van der Waals surface area (Å²) in [6.07, 6.45) is 14.3. The van der Waals surface area contributed by atoms with Crippen LogP contribution in [0.15, 0.2) is 210 Å². The molecule has 1 aliphatic heterocycles. The van der Waals surface area contributed by atoms with Gasteiger partial charge < -0.3 is 0 Å². The van der Waals surface area contributed by atoms with Crippen LogP contribution in [0, 0.1) is 0 Å². The van der Waals surface area contributed by atoms with E-state index in [0.29, 0.717) is 17.5 Å². The van der Waals surface area contributed by atoms with Crippen molar-refractivity contribution < 1.29 is 0 Å². The predicted molar refractivity (Wildman–Crippen MR) is 249 cm³/mol. The van der Waals surface area contributed by atoms with Crippen molar-refractivity contribution in [2.24, 2.45) is 0 Å². The Morgan fingerprint density at radius 1 is 0.419 bits per heavy atom. The summed E-state index contributed by atoms with van der Waals surface area (Å²) < 4.78 is 0. The topological polar surface area (TPSA) is 77.3 Å². The Balaban J connectivity index is 1.10. The van der Waals surface area contributed by atoms with E-state index >= 15 is 0 Å². The molecule has 1 spiro atoms. The van der Waals surface area contributed by atoms with Crippen LogP contribution in [-0.4, -0.2) is 29.9 Å². The summed E-state index contributed by atoms with van der Waals surface area (Å²) in [5, 5.41) is 0. The maximum atomic E-state index is 5.31. The lowest BCUT2D eigenvalue weighted by atomic mass is 9.65. The lowest BCUT2D eigenvalue weighted by molar-refractivity contribution is 0.724. The maximum absolute atomic E-state index is 5.31. The summed E-state index contributed by atoms with van der Waals surface area (Å²) in [4.78, 5) is 32.2. The highest BCUT2D eigenvalue weighted by Crippen LogP contribution is 2.65. The molecule has 4 aromatic heterocycles. The predicted octanol–water partition coefficient (Wildman–Crippen LogP) is 13.1. The summed E-state index contributed by atoms with van der Waals surface area (Å²) in [5.74, 6) is 1.93. The standard InChI is InChI=1S/C55H36N6S/c1-3-13-35(14-4-1)52-59-53(36-15-5-2-6-16-36)61-54(60-52)38-24-26-43-42-25-23-37(41-27-28-48(39-17-11-29-56-33-39)58-51(41)40-18-12-30-57-34-40)31-46(42)55(47(43)32-38)44-19-7-9-21-49(44)62-50-22-10-8-20-45(50)55/h1-7,9,11-34H,8,10H2. The first-order valence-electron chi connectivity index (χ1n) is 20.9. The van der Waals surface area contributed by atoms with Crippen molar-refractivity contribution in [2.75, 3.05) is 0 Å². The molecule has 0 amide bonds. The van der Waals surface area contributed by atoms with Crippen LogP contribution in [0.2, 0.25) is 0 Å². The van der Waals surface area contributed by atoms with Gasteiger partial charge in [0.2, 0.25) is 0 Å². The second-order valence-corrected chi connectivity index (χ2v) is 16.8. The Bertz CT molecular complexity index is 3200. The first-order chi connectivity index (χ1) is 30.7. The molecule has 0 fully saturated rings. The van der Waals surface area contributed by atoms with Crippen molar-refractivity contribution in [1.82, 2.24) is 29.9 Å². The lowest BCUT2D eigenvalue weighted by Gasteiger charge is -2.42. The summed E-state index contributed by atoms with van der Waals surface area (Å²) in [6, 6.07) is 55.6. The smallest absolute Gasteiger partial charge is 0.164 e. The number of rotatable bonds is 6. The molecule has 292 valence electrons. The van der Waals surface area contributed by atoms with Crippen LogP contribution >= 0.6 is 11.8 Å². The molecule has 0 saturated carbocycles. The number of fused-ring (bicyclic) bond motifs is 9. The molecule has 12 rings (SSSR count). The van der Waals surface area contributed by atoms with Gasteiger partial charge in [-0.05, 0) is 100 Å². The van der Waals surface area contributed by atoms with Crippen LogP contribution < -0.4 is 0 Å². The molecule has 1 unspecified atom stereocenters. The van der Waals surface area contributed by atoms with Crippen molar-refractivity contribution in [2.45, 2.75) is 23.2 Å². The fourth-order valence-corrected chi connectivity index (χ4v) is 10.7. The SMILES string of the molecule is C1=C2Sc3ccccc3C3(C2=CCC1)c1cc(-c2nc(-c4ccccc4)nc(-c4ccccc4)n2)ccc1-c1ccc(-c2ccc(-c4cccnc4)nc2-c2cccnc2)cc13. The Hall–Kier alpha value is -7.61. The molecule has 5 aromatic carbocycles. The van der Waals surface area contributed by atoms with Gasteiger partial charge in [-0.3, -0.25) is 9.97 Å². The third kappa shape index (κ3) is 5.88. The molecule has 0 bridgehead atoms. The van der Waals surface area contributed by atoms with Gasteiger partial charge in [0.1, 0.15) is 0 Å². The van der Waals surface area contributed by atoms with Gasteiger partial charge in [0, 0.05) is 68.0 Å². The van der Waals surface area contributed by atoms with Crippen LogP contribution in [0.5, 0.6) is 0 Å². The van der Waals surface area contributed by atoms with Crippen LogP contribution in [-0.2, 0) is 5.41 Å². The minimum atomic E-state index is -0.597. The molecule has 62 heavy (non-hydrogen) atoms. The number of aromatic nitrogens is 6. The molecule has 7 heteroatoms. The zero-order valence-electron chi connectivity index (χ0n) is 33.5. The van der Waals surface area contributed by atoms with E-state index in [0.717, 1.165) is 63.2 Å². The van der Waals surface area contributed by atoms with Gasteiger partial charge in [-0.25, -0.2) is 19.9 Å². The van der Waals surface area contributed by atoms with Crippen LogP contribution in [0.1, 0.15) is 29.5 Å². The minimum absolute atomic E-state index is 0.597. The Kier molecular flexibility index (Phi) is 8.68. The van der Waals surface area contributed by atoms with Crippen molar-refractivity contribution >= 4 is 11.8 Å². The van der Waals surface area contributed by atoms with Gasteiger partial charge >= 0.3 is 0 Å². The Labute approximate surface area is 363 Å². The second-order valence-electron chi connectivity index (χ2n) is 15.7. The molecule has 0 N–H and O–H groups in total. The van der Waals surface area contributed by atoms with E-state index in [1.807, 2.05) is 78.9 Å².